The van der Waals surface area contributed by atoms with Crippen LogP contribution >= 0.6 is 11.8 Å². The first-order valence-corrected chi connectivity index (χ1v) is 10.5. The predicted molar refractivity (Wildman–Crippen MR) is 107 cm³/mol. The van der Waals surface area contributed by atoms with Crippen LogP contribution in [0.2, 0.25) is 0 Å². The van der Waals surface area contributed by atoms with Gasteiger partial charge in [0.25, 0.3) is 5.24 Å². The Labute approximate surface area is 166 Å². The Hall–Kier alpha value is -2.15. The quantitative estimate of drug-likeness (QED) is 0.675. The molecule has 1 amide bonds. The summed E-state index contributed by atoms with van der Waals surface area (Å²) in [5.74, 6) is -0.114. The third kappa shape index (κ3) is 3.60. The van der Waals surface area contributed by atoms with E-state index in [-0.39, 0.29) is 11.2 Å². The molecule has 0 saturated heterocycles. The Morgan fingerprint density at radius 1 is 1.21 bits per heavy atom. The van der Waals surface area contributed by atoms with E-state index < -0.39 is 11.7 Å². The summed E-state index contributed by atoms with van der Waals surface area (Å²) in [7, 11) is 0. The second-order valence-corrected chi connectivity index (χ2v) is 8.02. The van der Waals surface area contributed by atoms with Crippen molar-refractivity contribution in [3.05, 3.63) is 58.7 Å². The Kier molecular flexibility index (Phi) is 5.04. The van der Waals surface area contributed by atoms with E-state index in [2.05, 4.69) is 10.2 Å². The van der Waals surface area contributed by atoms with Crippen molar-refractivity contribution < 1.29 is 18.0 Å². The van der Waals surface area contributed by atoms with E-state index in [1.807, 2.05) is 12.1 Å². The fraction of sp³-hybridized carbons (Fsp3) is 0.381. The zero-order chi connectivity index (χ0) is 19.9. The Morgan fingerprint density at radius 2 is 2.04 bits per heavy atom. The molecule has 0 aliphatic carbocycles. The van der Waals surface area contributed by atoms with Gasteiger partial charge in [0.1, 0.15) is 0 Å². The van der Waals surface area contributed by atoms with Crippen molar-refractivity contribution in [3.8, 4) is 0 Å². The van der Waals surface area contributed by atoms with Crippen LogP contribution in [0.5, 0.6) is 0 Å². The number of halogens is 3. The number of alkyl halides is 3. The molecule has 1 atom stereocenters. The number of benzene rings is 2. The maximum Gasteiger partial charge on any atom is 0.416 e. The summed E-state index contributed by atoms with van der Waals surface area (Å²) in [5, 5.41) is 2.74. The summed E-state index contributed by atoms with van der Waals surface area (Å²) in [6.45, 7) is 1.79. The molecular weight excluding hydrogens is 385 g/mol. The van der Waals surface area contributed by atoms with Crippen LogP contribution < -0.4 is 10.2 Å². The van der Waals surface area contributed by atoms with Crippen LogP contribution in [0.25, 0.3) is 0 Å². The largest absolute Gasteiger partial charge is 0.416 e. The average molecular weight is 406 g/mol. The van der Waals surface area contributed by atoms with E-state index in [0.29, 0.717) is 11.3 Å². The molecule has 1 unspecified atom stereocenters. The Balaban J connectivity index is 1.80. The highest BCUT2D eigenvalue weighted by Crippen LogP contribution is 2.45. The van der Waals surface area contributed by atoms with Crippen LogP contribution in [0, 0.1) is 0 Å². The van der Waals surface area contributed by atoms with Crippen molar-refractivity contribution in [3.63, 3.8) is 0 Å². The zero-order valence-corrected chi connectivity index (χ0v) is 16.3. The molecule has 0 aromatic heterocycles. The highest BCUT2D eigenvalue weighted by molar-refractivity contribution is 8.13. The van der Waals surface area contributed by atoms with E-state index in [1.165, 1.54) is 12.1 Å². The van der Waals surface area contributed by atoms with Gasteiger partial charge in [-0.2, -0.15) is 13.2 Å². The summed E-state index contributed by atoms with van der Waals surface area (Å²) < 4.78 is 39.6. The van der Waals surface area contributed by atoms with Gasteiger partial charge in [-0.1, -0.05) is 30.0 Å². The number of amides is 1. The normalized spacial score (nSPS) is 18.6. The lowest BCUT2D eigenvalue weighted by atomic mass is 9.80. The number of nitrogens with one attached hydrogen (secondary N) is 1. The first-order valence-electron chi connectivity index (χ1n) is 9.30. The van der Waals surface area contributed by atoms with Crippen molar-refractivity contribution in [1.29, 1.82) is 0 Å². The van der Waals surface area contributed by atoms with Gasteiger partial charge in [-0.15, -0.1) is 0 Å². The van der Waals surface area contributed by atoms with E-state index in [9.17, 15) is 18.0 Å². The summed E-state index contributed by atoms with van der Waals surface area (Å²) >= 11 is 1.10. The first kappa shape index (κ1) is 19.2. The van der Waals surface area contributed by atoms with Crippen LogP contribution in [-0.4, -0.2) is 24.6 Å². The number of anilines is 2. The number of aryl methyl sites for hydroxylation is 1. The second kappa shape index (κ2) is 7.35. The van der Waals surface area contributed by atoms with Gasteiger partial charge in [-0.3, -0.25) is 4.79 Å². The molecule has 2 heterocycles. The zero-order valence-electron chi connectivity index (χ0n) is 15.5. The lowest BCUT2D eigenvalue weighted by Gasteiger charge is -2.40. The van der Waals surface area contributed by atoms with Crippen LogP contribution in [0.3, 0.4) is 0 Å². The fourth-order valence-electron chi connectivity index (χ4n) is 4.32. The van der Waals surface area contributed by atoms with Gasteiger partial charge >= 0.3 is 6.18 Å². The molecule has 7 heteroatoms. The number of hydrogen-bond donors (Lipinski definition) is 1. The van der Waals surface area contributed by atoms with Crippen LogP contribution in [0.1, 0.15) is 41.0 Å². The topological polar surface area (TPSA) is 32.3 Å². The number of carbonyl (C=O) groups is 1. The molecule has 2 aromatic rings. The SMILES string of the molecule is CSC(=O)Nc1cc2c3c(c1)C(c1cccc(C(F)(F)F)c1)CCN3CCC2. The molecule has 2 aliphatic rings. The minimum atomic E-state index is -4.36. The maximum absolute atomic E-state index is 13.2. The second-order valence-electron chi connectivity index (χ2n) is 7.24. The van der Waals surface area contributed by atoms with Gasteiger partial charge in [0, 0.05) is 30.4 Å². The van der Waals surface area contributed by atoms with Crippen molar-refractivity contribution in [1.82, 2.24) is 0 Å². The highest BCUT2D eigenvalue weighted by atomic mass is 32.2. The smallest absolute Gasteiger partial charge is 0.371 e. The molecule has 148 valence electrons. The third-order valence-electron chi connectivity index (χ3n) is 5.52. The van der Waals surface area contributed by atoms with Gasteiger partial charge in [0.2, 0.25) is 0 Å². The number of thioether (sulfide) groups is 1. The molecule has 1 N–H and O–H groups in total. The minimum Gasteiger partial charge on any atom is -0.371 e. The Morgan fingerprint density at radius 3 is 2.79 bits per heavy atom. The molecule has 4 rings (SSSR count). The van der Waals surface area contributed by atoms with Gasteiger partial charge in [0.05, 0.1) is 5.56 Å². The van der Waals surface area contributed by atoms with Crippen LogP contribution in [0.15, 0.2) is 36.4 Å². The summed E-state index contributed by atoms with van der Waals surface area (Å²) in [6.07, 6.45) is 0.0701. The molecule has 2 aliphatic heterocycles. The fourth-order valence-corrected chi connectivity index (χ4v) is 4.54. The van der Waals surface area contributed by atoms with Crippen molar-refractivity contribution >= 4 is 28.4 Å². The third-order valence-corrected chi connectivity index (χ3v) is 5.99. The van der Waals surface area contributed by atoms with Crippen molar-refractivity contribution in [2.24, 2.45) is 0 Å². The molecule has 3 nitrogen and oxygen atoms in total. The van der Waals surface area contributed by atoms with E-state index in [1.54, 1.807) is 12.3 Å². The number of carbonyl (C=O) groups excluding carboxylic acids is 1. The van der Waals surface area contributed by atoms with Crippen molar-refractivity contribution in [2.45, 2.75) is 31.4 Å². The number of nitrogens with zero attached hydrogens (tertiary/aromatic N) is 1. The lowest BCUT2D eigenvalue weighted by molar-refractivity contribution is -0.137. The standard InChI is InChI=1S/C21H21F3N2OS/c1-28-20(27)25-16-11-14-5-3-8-26-9-7-17(18(12-16)19(14)26)13-4-2-6-15(10-13)21(22,23)24/h2,4,6,10-12,17H,3,5,7-9H2,1H3,(H,25,27). The molecule has 0 bridgehead atoms. The Bertz CT molecular complexity index is 913. The molecule has 0 spiro atoms. The van der Waals surface area contributed by atoms with Gasteiger partial charge in [0.15, 0.2) is 0 Å². The predicted octanol–water partition coefficient (Wildman–Crippen LogP) is 5.89. The van der Waals surface area contributed by atoms with Crippen LogP contribution in [-0.2, 0) is 12.6 Å². The molecule has 28 heavy (non-hydrogen) atoms. The molecular formula is C21H21F3N2OS. The molecule has 0 fully saturated rings. The van der Waals surface area contributed by atoms with Gasteiger partial charge in [-0.25, -0.2) is 0 Å². The number of hydrogen-bond acceptors (Lipinski definition) is 3. The van der Waals surface area contributed by atoms with E-state index in [0.717, 1.165) is 67.0 Å². The number of rotatable bonds is 2. The highest BCUT2D eigenvalue weighted by Gasteiger charge is 2.34. The monoisotopic (exact) mass is 406 g/mol. The van der Waals surface area contributed by atoms with E-state index in [4.69, 9.17) is 0 Å². The molecule has 0 radical (unpaired) electrons. The molecule has 0 saturated carbocycles. The van der Waals surface area contributed by atoms with Crippen LogP contribution in [0.4, 0.5) is 29.3 Å². The summed E-state index contributed by atoms with van der Waals surface area (Å²) in [6, 6.07) is 9.59. The lowest BCUT2D eigenvalue weighted by Crippen LogP contribution is -2.36. The molecule has 2 aromatic carbocycles. The van der Waals surface area contributed by atoms with Gasteiger partial charge < -0.3 is 10.2 Å². The summed E-state index contributed by atoms with van der Waals surface area (Å²) in [5.41, 5.74) is 4.09. The summed E-state index contributed by atoms with van der Waals surface area (Å²) in [4.78, 5) is 14.2. The maximum atomic E-state index is 13.2. The van der Waals surface area contributed by atoms with Crippen molar-refractivity contribution in [2.75, 3.05) is 29.6 Å². The minimum absolute atomic E-state index is 0.114. The first-order chi connectivity index (χ1) is 13.4. The van der Waals surface area contributed by atoms with Gasteiger partial charge in [-0.05, 0) is 60.4 Å². The average Bonchev–Trinajstić information content (AvgIpc) is 2.67. The van der Waals surface area contributed by atoms with E-state index >= 15 is 0 Å².